The van der Waals surface area contributed by atoms with Crippen molar-refractivity contribution in [3.8, 4) is 0 Å². The molecule has 0 saturated carbocycles. The molecule has 1 aliphatic heterocycles. The third kappa shape index (κ3) is 3.06. The van der Waals surface area contributed by atoms with E-state index >= 15 is 0 Å². The average Bonchev–Trinajstić information content (AvgIpc) is 3.29. The molecular weight excluding hydrogens is 382 g/mol. The van der Waals surface area contributed by atoms with E-state index in [4.69, 9.17) is 4.52 Å². The molecule has 4 heterocycles. The molecule has 1 aliphatic rings. The SMILES string of the molecule is Cc1nc2n(C)nc(C)n2c(=O)c1CCN1CCN(c2noc3ccccc23)CC1. The Morgan fingerprint density at radius 2 is 1.87 bits per heavy atom. The van der Waals surface area contributed by atoms with E-state index in [1.807, 2.05) is 45.2 Å². The van der Waals surface area contributed by atoms with Crippen LogP contribution in [0.25, 0.3) is 16.7 Å². The van der Waals surface area contributed by atoms with Gasteiger partial charge in [-0.15, -0.1) is 0 Å². The van der Waals surface area contributed by atoms with Crippen molar-refractivity contribution in [2.45, 2.75) is 20.3 Å². The van der Waals surface area contributed by atoms with Gasteiger partial charge in [0.2, 0.25) is 5.78 Å². The summed E-state index contributed by atoms with van der Waals surface area (Å²) in [5.41, 5.74) is 2.37. The van der Waals surface area contributed by atoms with E-state index in [1.54, 1.807) is 9.08 Å². The molecule has 0 N–H and O–H groups in total. The van der Waals surface area contributed by atoms with E-state index in [0.717, 1.165) is 60.8 Å². The fourth-order valence-electron chi connectivity index (χ4n) is 4.30. The van der Waals surface area contributed by atoms with Crippen LogP contribution < -0.4 is 10.5 Å². The molecule has 1 aromatic carbocycles. The zero-order valence-corrected chi connectivity index (χ0v) is 17.5. The van der Waals surface area contributed by atoms with E-state index in [1.165, 1.54) is 0 Å². The fourth-order valence-corrected chi connectivity index (χ4v) is 4.30. The minimum atomic E-state index is -0.00389. The van der Waals surface area contributed by atoms with Crippen LogP contribution in [-0.2, 0) is 13.5 Å². The van der Waals surface area contributed by atoms with Crippen LogP contribution in [0, 0.1) is 13.8 Å². The van der Waals surface area contributed by atoms with Gasteiger partial charge in [-0.25, -0.2) is 14.1 Å². The van der Waals surface area contributed by atoms with Crippen LogP contribution in [0.1, 0.15) is 17.1 Å². The normalized spacial score (nSPS) is 15.5. The monoisotopic (exact) mass is 407 g/mol. The first-order valence-corrected chi connectivity index (χ1v) is 10.3. The molecule has 0 amide bonds. The number of nitrogens with zero attached hydrogens (tertiary/aromatic N) is 7. The van der Waals surface area contributed by atoms with Gasteiger partial charge >= 0.3 is 0 Å². The molecule has 0 atom stereocenters. The van der Waals surface area contributed by atoms with Crippen molar-refractivity contribution in [2.75, 3.05) is 37.6 Å². The minimum absolute atomic E-state index is 0.00389. The molecule has 156 valence electrons. The summed E-state index contributed by atoms with van der Waals surface area (Å²) in [4.78, 5) is 22.3. The summed E-state index contributed by atoms with van der Waals surface area (Å²) >= 11 is 0. The van der Waals surface area contributed by atoms with Crippen LogP contribution in [0.4, 0.5) is 5.82 Å². The fraction of sp³-hybridized carbons (Fsp3) is 0.429. The van der Waals surface area contributed by atoms with Crippen molar-refractivity contribution in [2.24, 2.45) is 7.05 Å². The lowest BCUT2D eigenvalue weighted by molar-refractivity contribution is 0.259. The summed E-state index contributed by atoms with van der Waals surface area (Å²) in [6.45, 7) is 8.18. The highest BCUT2D eigenvalue weighted by Crippen LogP contribution is 2.26. The van der Waals surface area contributed by atoms with Gasteiger partial charge in [-0.2, -0.15) is 5.10 Å². The van der Waals surface area contributed by atoms with Crippen molar-refractivity contribution in [3.05, 3.63) is 51.7 Å². The molecule has 0 bridgehead atoms. The van der Waals surface area contributed by atoms with Gasteiger partial charge in [-0.1, -0.05) is 17.3 Å². The van der Waals surface area contributed by atoms with Crippen LogP contribution in [0.15, 0.2) is 33.6 Å². The first kappa shape index (κ1) is 18.8. The predicted molar refractivity (Wildman–Crippen MR) is 114 cm³/mol. The van der Waals surface area contributed by atoms with E-state index in [2.05, 4.69) is 25.0 Å². The lowest BCUT2D eigenvalue weighted by atomic mass is 10.1. The molecule has 1 saturated heterocycles. The Morgan fingerprint density at radius 1 is 1.10 bits per heavy atom. The van der Waals surface area contributed by atoms with E-state index in [9.17, 15) is 4.79 Å². The van der Waals surface area contributed by atoms with Gasteiger partial charge < -0.3 is 9.42 Å². The Hall–Kier alpha value is -3.20. The van der Waals surface area contributed by atoms with Crippen molar-refractivity contribution in [1.29, 1.82) is 0 Å². The molecule has 0 unspecified atom stereocenters. The van der Waals surface area contributed by atoms with E-state index in [-0.39, 0.29) is 5.56 Å². The third-order valence-electron chi connectivity index (χ3n) is 5.98. The molecule has 9 nitrogen and oxygen atoms in total. The molecule has 4 aromatic rings. The Labute approximate surface area is 173 Å². The topological polar surface area (TPSA) is 84.7 Å². The number of aryl methyl sites for hydroxylation is 3. The standard InChI is InChI=1S/C21H25N7O2/c1-14-16(20(29)28-15(2)23-25(3)21(28)22-14)8-9-26-10-12-27(13-11-26)19-17-6-4-5-7-18(17)30-24-19/h4-7H,8-13H2,1-3H3. The summed E-state index contributed by atoms with van der Waals surface area (Å²) in [7, 11) is 1.81. The first-order chi connectivity index (χ1) is 14.5. The maximum absolute atomic E-state index is 13.0. The van der Waals surface area contributed by atoms with Gasteiger partial charge in [0.15, 0.2) is 11.4 Å². The lowest BCUT2D eigenvalue weighted by Gasteiger charge is -2.34. The summed E-state index contributed by atoms with van der Waals surface area (Å²) < 4.78 is 8.71. The van der Waals surface area contributed by atoms with Crippen LogP contribution in [0.5, 0.6) is 0 Å². The van der Waals surface area contributed by atoms with Crippen LogP contribution >= 0.6 is 0 Å². The Bertz CT molecular complexity index is 1280. The zero-order valence-electron chi connectivity index (χ0n) is 17.5. The Kier molecular flexibility index (Phi) is 4.54. The highest BCUT2D eigenvalue weighted by atomic mass is 16.5. The molecule has 0 spiro atoms. The van der Waals surface area contributed by atoms with Crippen molar-refractivity contribution < 1.29 is 4.52 Å². The minimum Gasteiger partial charge on any atom is -0.354 e. The predicted octanol–water partition coefficient (Wildman–Crippen LogP) is 1.55. The summed E-state index contributed by atoms with van der Waals surface area (Å²) in [6, 6.07) is 7.96. The number of benzene rings is 1. The molecular formula is C21H25N7O2. The summed E-state index contributed by atoms with van der Waals surface area (Å²) in [5.74, 6) is 2.17. The molecule has 1 fully saturated rings. The number of anilines is 1. The van der Waals surface area contributed by atoms with Crippen LogP contribution in [0.3, 0.4) is 0 Å². The maximum atomic E-state index is 13.0. The number of fused-ring (bicyclic) bond motifs is 2. The highest BCUT2D eigenvalue weighted by molar-refractivity contribution is 5.88. The Morgan fingerprint density at radius 3 is 2.67 bits per heavy atom. The van der Waals surface area contributed by atoms with Gasteiger partial charge in [-0.3, -0.25) is 9.69 Å². The number of hydrogen-bond acceptors (Lipinski definition) is 7. The van der Waals surface area contributed by atoms with Gasteiger partial charge in [-0.05, 0) is 32.4 Å². The van der Waals surface area contributed by atoms with E-state index < -0.39 is 0 Å². The van der Waals surface area contributed by atoms with Gasteiger partial charge in [0, 0.05) is 45.3 Å². The quantitative estimate of drug-likeness (QED) is 0.507. The number of para-hydroxylation sites is 1. The van der Waals surface area contributed by atoms with Crippen molar-refractivity contribution >= 4 is 22.6 Å². The second kappa shape index (κ2) is 7.24. The van der Waals surface area contributed by atoms with Crippen molar-refractivity contribution in [3.63, 3.8) is 0 Å². The molecule has 0 radical (unpaired) electrons. The maximum Gasteiger partial charge on any atom is 0.264 e. The second-order valence-electron chi connectivity index (χ2n) is 7.87. The van der Waals surface area contributed by atoms with Crippen LogP contribution in [0.2, 0.25) is 0 Å². The number of rotatable bonds is 4. The zero-order chi connectivity index (χ0) is 20.8. The highest BCUT2D eigenvalue weighted by Gasteiger charge is 2.22. The van der Waals surface area contributed by atoms with E-state index in [0.29, 0.717) is 18.0 Å². The molecule has 30 heavy (non-hydrogen) atoms. The average molecular weight is 407 g/mol. The molecule has 9 heteroatoms. The number of piperazine rings is 1. The lowest BCUT2D eigenvalue weighted by Crippen LogP contribution is -2.47. The van der Waals surface area contributed by atoms with Gasteiger partial charge in [0.05, 0.1) is 11.1 Å². The van der Waals surface area contributed by atoms with Crippen LogP contribution in [-0.4, -0.2) is 61.9 Å². The summed E-state index contributed by atoms with van der Waals surface area (Å²) in [6.07, 6.45) is 0.682. The largest absolute Gasteiger partial charge is 0.354 e. The molecule has 0 aliphatic carbocycles. The first-order valence-electron chi connectivity index (χ1n) is 10.3. The second-order valence-corrected chi connectivity index (χ2v) is 7.87. The smallest absolute Gasteiger partial charge is 0.264 e. The van der Waals surface area contributed by atoms with Gasteiger partial charge in [0.1, 0.15) is 5.82 Å². The van der Waals surface area contributed by atoms with Crippen molar-refractivity contribution in [1.82, 2.24) is 29.2 Å². The number of hydrogen-bond donors (Lipinski definition) is 0. The Balaban J connectivity index is 1.28. The molecule has 5 rings (SSSR count). The van der Waals surface area contributed by atoms with Gasteiger partial charge in [0.25, 0.3) is 5.56 Å². The number of aromatic nitrogens is 5. The summed E-state index contributed by atoms with van der Waals surface area (Å²) in [5, 5.41) is 9.65. The third-order valence-corrected chi connectivity index (χ3v) is 5.98. The molecule has 3 aromatic heterocycles.